The number of nitrogens with one attached hydrogen (secondary N) is 1. The van der Waals surface area contributed by atoms with Gasteiger partial charge in [0.05, 0.1) is 6.04 Å². The Labute approximate surface area is 114 Å². The summed E-state index contributed by atoms with van der Waals surface area (Å²) in [6.45, 7) is 0. The quantitative estimate of drug-likeness (QED) is 0.812. The summed E-state index contributed by atoms with van der Waals surface area (Å²) in [6, 6.07) is 10.6. The van der Waals surface area contributed by atoms with Gasteiger partial charge in [0.15, 0.2) is 0 Å². The molecule has 1 N–H and O–H groups in total. The summed E-state index contributed by atoms with van der Waals surface area (Å²) in [5, 5.41) is 4.60. The van der Waals surface area contributed by atoms with Crippen molar-refractivity contribution >= 4 is 11.0 Å². The molecule has 3 rings (SSSR count). The third-order valence-electron chi connectivity index (χ3n) is 3.96. The first-order chi connectivity index (χ1) is 9.38. The first kappa shape index (κ1) is 12.5. The number of fused-ring (bicyclic) bond motifs is 1. The Kier molecular flexibility index (Phi) is 3.69. The summed E-state index contributed by atoms with van der Waals surface area (Å²) in [5.41, 5.74) is 2.46. The van der Waals surface area contributed by atoms with E-state index in [4.69, 9.17) is 4.42 Å². The van der Waals surface area contributed by atoms with Crippen LogP contribution in [-0.4, -0.2) is 7.05 Å². The van der Waals surface area contributed by atoms with Gasteiger partial charge in [0.1, 0.15) is 11.3 Å². The second kappa shape index (κ2) is 5.62. The maximum Gasteiger partial charge on any atom is 0.134 e. The molecular weight excluding hydrogens is 234 g/mol. The summed E-state index contributed by atoms with van der Waals surface area (Å²) < 4.78 is 6.01. The highest BCUT2D eigenvalue weighted by Gasteiger charge is 2.19. The number of furan rings is 1. The highest BCUT2D eigenvalue weighted by molar-refractivity contribution is 5.77. The molecule has 0 saturated carbocycles. The fraction of sp³-hybridized carbons (Fsp3) is 0.412. The zero-order chi connectivity index (χ0) is 13.1. The monoisotopic (exact) mass is 255 g/mol. The molecule has 1 heterocycles. The molecule has 1 aliphatic rings. The van der Waals surface area contributed by atoms with Crippen LogP contribution in [0.2, 0.25) is 0 Å². The van der Waals surface area contributed by atoms with Gasteiger partial charge in [-0.05, 0) is 50.4 Å². The minimum Gasteiger partial charge on any atom is -0.459 e. The lowest BCUT2D eigenvalue weighted by atomic mass is 10.00. The average molecular weight is 255 g/mol. The van der Waals surface area contributed by atoms with Crippen molar-refractivity contribution in [3.05, 3.63) is 47.7 Å². The number of allylic oxidation sites excluding steroid dienone is 1. The zero-order valence-corrected chi connectivity index (χ0v) is 11.5. The molecule has 0 saturated heterocycles. The predicted molar refractivity (Wildman–Crippen MR) is 79.2 cm³/mol. The summed E-state index contributed by atoms with van der Waals surface area (Å²) in [4.78, 5) is 0. The van der Waals surface area contributed by atoms with E-state index in [9.17, 15) is 0 Å². The molecule has 0 aliphatic heterocycles. The van der Waals surface area contributed by atoms with Gasteiger partial charge in [0.2, 0.25) is 0 Å². The zero-order valence-electron chi connectivity index (χ0n) is 11.5. The molecule has 1 aliphatic carbocycles. The van der Waals surface area contributed by atoms with Crippen LogP contribution in [0.15, 0.2) is 46.4 Å². The smallest absolute Gasteiger partial charge is 0.134 e. The minimum atomic E-state index is 0.227. The Morgan fingerprint density at radius 3 is 2.89 bits per heavy atom. The van der Waals surface area contributed by atoms with Crippen molar-refractivity contribution in [2.75, 3.05) is 7.05 Å². The van der Waals surface area contributed by atoms with Crippen LogP contribution in [0, 0.1) is 0 Å². The number of hydrogen-bond donors (Lipinski definition) is 1. The van der Waals surface area contributed by atoms with E-state index in [1.165, 1.54) is 43.1 Å². The lowest BCUT2D eigenvalue weighted by Crippen LogP contribution is -2.18. The molecular formula is C17H21NO. The number of hydrogen-bond acceptors (Lipinski definition) is 2. The van der Waals surface area contributed by atoms with Gasteiger partial charge in [-0.2, -0.15) is 0 Å². The molecule has 19 heavy (non-hydrogen) atoms. The van der Waals surface area contributed by atoms with Gasteiger partial charge in [0.25, 0.3) is 0 Å². The van der Waals surface area contributed by atoms with E-state index < -0.39 is 0 Å². The Hall–Kier alpha value is -1.54. The normalized spacial score (nSPS) is 18.1. The number of para-hydroxylation sites is 1. The lowest BCUT2D eigenvalue weighted by Gasteiger charge is -2.17. The largest absolute Gasteiger partial charge is 0.459 e. The van der Waals surface area contributed by atoms with Gasteiger partial charge >= 0.3 is 0 Å². The summed E-state index contributed by atoms with van der Waals surface area (Å²) in [5.74, 6) is 1.04. The van der Waals surface area contributed by atoms with E-state index in [-0.39, 0.29) is 6.04 Å². The van der Waals surface area contributed by atoms with Crippen molar-refractivity contribution in [2.24, 2.45) is 0 Å². The summed E-state index contributed by atoms with van der Waals surface area (Å²) in [6.07, 6.45) is 8.75. The maximum atomic E-state index is 6.01. The van der Waals surface area contributed by atoms with Crippen LogP contribution in [0.3, 0.4) is 0 Å². The van der Waals surface area contributed by atoms with Crippen molar-refractivity contribution in [1.82, 2.24) is 5.32 Å². The second-order valence-electron chi connectivity index (χ2n) is 5.29. The van der Waals surface area contributed by atoms with Crippen molar-refractivity contribution in [3.63, 3.8) is 0 Å². The standard InChI is InChI=1S/C17H21NO/c1-18-17(13-8-4-2-3-5-9-13)16-12-14-10-6-7-11-15(14)19-16/h6-8,10-12,17-18H,2-5,9H2,1H3. The van der Waals surface area contributed by atoms with Crippen LogP contribution in [-0.2, 0) is 0 Å². The molecule has 0 spiro atoms. The minimum absolute atomic E-state index is 0.227. The van der Waals surface area contributed by atoms with Gasteiger partial charge in [-0.25, -0.2) is 0 Å². The predicted octanol–water partition coefficient (Wildman–Crippen LogP) is 4.58. The molecule has 1 aromatic carbocycles. The fourth-order valence-corrected chi connectivity index (χ4v) is 2.96. The van der Waals surface area contributed by atoms with Crippen LogP contribution < -0.4 is 5.32 Å². The molecule has 100 valence electrons. The van der Waals surface area contributed by atoms with Gasteiger partial charge in [0, 0.05) is 5.39 Å². The molecule has 0 bridgehead atoms. The van der Waals surface area contributed by atoms with Gasteiger partial charge in [-0.3, -0.25) is 0 Å². The lowest BCUT2D eigenvalue weighted by molar-refractivity contribution is 0.478. The van der Waals surface area contributed by atoms with E-state index in [0.29, 0.717) is 0 Å². The molecule has 0 radical (unpaired) electrons. The van der Waals surface area contributed by atoms with Gasteiger partial charge in [-0.15, -0.1) is 0 Å². The first-order valence-electron chi connectivity index (χ1n) is 7.23. The topological polar surface area (TPSA) is 25.2 Å². The van der Waals surface area contributed by atoms with Crippen LogP contribution in [0.25, 0.3) is 11.0 Å². The van der Waals surface area contributed by atoms with E-state index in [1.807, 2.05) is 19.2 Å². The molecule has 2 heteroatoms. The van der Waals surface area contributed by atoms with Crippen molar-refractivity contribution < 1.29 is 4.42 Å². The third-order valence-corrected chi connectivity index (χ3v) is 3.96. The maximum absolute atomic E-state index is 6.01. The number of likely N-dealkylation sites (N-methyl/N-ethyl adjacent to an activating group) is 1. The van der Waals surface area contributed by atoms with Crippen molar-refractivity contribution in [1.29, 1.82) is 0 Å². The highest BCUT2D eigenvalue weighted by atomic mass is 16.3. The van der Waals surface area contributed by atoms with Crippen LogP contribution in [0.4, 0.5) is 0 Å². The van der Waals surface area contributed by atoms with Crippen molar-refractivity contribution in [3.8, 4) is 0 Å². The number of rotatable bonds is 3. The molecule has 1 aromatic heterocycles. The molecule has 0 fully saturated rings. The first-order valence-corrected chi connectivity index (χ1v) is 7.23. The Bertz CT molecular complexity index is 549. The van der Waals surface area contributed by atoms with Gasteiger partial charge in [-0.1, -0.05) is 30.7 Å². The van der Waals surface area contributed by atoms with Crippen molar-refractivity contribution in [2.45, 2.75) is 38.1 Å². The average Bonchev–Trinajstić information content (AvgIpc) is 2.67. The highest BCUT2D eigenvalue weighted by Crippen LogP contribution is 2.32. The Morgan fingerprint density at radius 1 is 1.16 bits per heavy atom. The molecule has 2 aromatic rings. The molecule has 1 unspecified atom stereocenters. The van der Waals surface area contributed by atoms with E-state index >= 15 is 0 Å². The van der Waals surface area contributed by atoms with E-state index in [2.05, 4.69) is 29.6 Å². The summed E-state index contributed by atoms with van der Waals surface area (Å²) in [7, 11) is 2.02. The SMILES string of the molecule is CNC(C1=CCCCCC1)c1cc2ccccc2o1. The van der Waals surface area contributed by atoms with Crippen LogP contribution in [0.1, 0.15) is 43.9 Å². The van der Waals surface area contributed by atoms with Gasteiger partial charge < -0.3 is 9.73 Å². The molecule has 1 atom stereocenters. The molecule has 0 amide bonds. The Balaban J connectivity index is 1.94. The van der Waals surface area contributed by atoms with Crippen LogP contribution >= 0.6 is 0 Å². The van der Waals surface area contributed by atoms with Crippen LogP contribution in [0.5, 0.6) is 0 Å². The summed E-state index contributed by atoms with van der Waals surface area (Å²) >= 11 is 0. The fourth-order valence-electron chi connectivity index (χ4n) is 2.96. The molecule has 2 nitrogen and oxygen atoms in total. The number of benzene rings is 1. The second-order valence-corrected chi connectivity index (χ2v) is 5.29. The Morgan fingerprint density at radius 2 is 2.05 bits per heavy atom. The third kappa shape index (κ3) is 2.59. The van der Waals surface area contributed by atoms with E-state index in [1.54, 1.807) is 0 Å². The van der Waals surface area contributed by atoms with E-state index in [0.717, 1.165) is 11.3 Å².